The molecule has 15 heavy (non-hydrogen) atoms. The lowest BCUT2D eigenvalue weighted by molar-refractivity contribution is 0.959. The van der Waals surface area contributed by atoms with Crippen LogP contribution in [0.25, 0.3) is 0 Å². The van der Waals surface area contributed by atoms with Crippen molar-refractivity contribution in [2.24, 2.45) is 4.99 Å². The summed E-state index contributed by atoms with van der Waals surface area (Å²) in [5.41, 5.74) is 8.64. The lowest BCUT2D eigenvalue weighted by Gasteiger charge is -2.09. The summed E-state index contributed by atoms with van der Waals surface area (Å²) in [6, 6.07) is 5.80. The van der Waals surface area contributed by atoms with E-state index >= 15 is 0 Å². The molecule has 1 aromatic rings. The number of guanidine groups is 1. The standard InChI is InChI=1S/C10H14N4.ClH/c1-7-2-3-8(11)6-9(7)14-10-12-4-5-13-10;/h2-3,6H,4-5,11H2,1H3,(H2,12,13,14);1H. The van der Waals surface area contributed by atoms with Gasteiger partial charge in [0.15, 0.2) is 5.96 Å². The first kappa shape index (κ1) is 11.7. The Bertz CT molecular complexity index is 376. The van der Waals surface area contributed by atoms with Crippen LogP contribution >= 0.6 is 12.4 Å². The number of nitrogens with zero attached hydrogens (tertiary/aromatic N) is 1. The molecule has 1 aliphatic heterocycles. The highest BCUT2D eigenvalue weighted by atomic mass is 35.5. The molecule has 0 unspecified atom stereocenters. The number of hydrogen-bond acceptors (Lipinski definition) is 4. The van der Waals surface area contributed by atoms with Gasteiger partial charge < -0.3 is 16.4 Å². The Hall–Kier alpha value is -1.42. The first-order valence-corrected chi connectivity index (χ1v) is 4.67. The van der Waals surface area contributed by atoms with E-state index in [-0.39, 0.29) is 12.4 Å². The van der Waals surface area contributed by atoms with E-state index in [0.29, 0.717) is 0 Å². The molecule has 4 nitrogen and oxygen atoms in total. The highest BCUT2D eigenvalue weighted by molar-refractivity contribution is 5.95. The minimum Gasteiger partial charge on any atom is -0.399 e. The second kappa shape index (κ2) is 4.89. The number of halogens is 1. The maximum absolute atomic E-state index is 5.70. The molecule has 0 spiro atoms. The molecule has 0 aliphatic carbocycles. The van der Waals surface area contributed by atoms with Crippen LogP contribution in [0.15, 0.2) is 23.2 Å². The lowest BCUT2D eigenvalue weighted by Crippen LogP contribution is -2.26. The van der Waals surface area contributed by atoms with Crippen LogP contribution < -0.4 is 16.4 Å². The van der Waals surface area contributed by atoms with Crippen LogP contribution in [0.1, 0.15) is 5.56 Å². The average molecular weight is 227 g/mol. The zero-order valence-electron chi connectivity index (χ0n) is 8.58. The number of hydrogen-bond donors (Lipinski definition) is 3. The Labute approximate surface area is 95.4 Å². The fraction of sp³-hybridized carbons (Fsp3) is 0.300. The monoisotopic (exact) mass is 226 g/mol. The van der Waals surface area contributed by atoms with Crippen LogP contribution in [0.2, 0.25) is 0 Å². The molecule has 82 valence electrons. The smallest absolute Gasteiger partial charge is 0.195 e. The van der Waals surface area contributed by atoms with Crippen LogP contribution in [0.5, 0.6) is 0 Å². The molecule has 0 aromatic heterocycles. The summed E-state index contributed by atoms with van der Waals surface area (Å²) in [4.78, 5) is 4.26. The van der Waals surface area contributed by atoms with Crippen molar-refractivity contribution in [3.8, 4) is 0 Å². The van der Waals surface area contributed by atoms with Gasteiger partial charge in [-0.2, -0.15) is 0 Å². The van der Waals surface area contributed by atoms with Gasteiger partial charge in [0, 0.05) is 17.9 Å². The van der Waals surface area contributed by atoms with E-state index in [9.17, 15) is 0 Å². The topological polar surface area (TPSA) is 62.4 Å². The highest BCUT2D eigenvalue weighted by Crippen LogP contribution is 2.17. The Morgan fingerprint density at radius 2 is 2.27 bits per heavy atom. The zero-order valence-corrected chi connectivity index (χ0v) is 9.40. The predicted molar refractivity (Wildman–Crippen MR) is 66.8 cm³/mol. The summed E-state index contributed by atoms with van der Waals surface area (Å²) in [6.07, 6.45) is 0. The van der Waals surface area contributed by atoms with Crippen molar-refractivity contribution >= 4 is 29.7 Å². The van der Waals surface area contributed by atoms with Gasteiger partial charge in [0.25, 0.3) is 0 Å². The molecular weight excluding hydrogens is 212 g/mol. The summed E-state index contributed by atoms with van der Waals surface area (Å²) in [5, 5.41) is 6.36. The molecule has 2 rings (SSSR count). The Kier molecular flexibility index (Phi) is 3.80. The summed E-state index contributed by atoms with van der Waals surface area (Å²) < 4.78 is 0. The van der Waals surface area contributed by atoms with E-state index in [0.717, 1.165) is 36.0 Å². The van der Waals surface area contributed by atoms with Gasteiger partial charge in [-0.05, 0) is 24.6 Å². The first-order valence-electron chi connectivity index (χ1n) is 4.67. The van der Waals surface area contributed by atoms with E-state index in [4.69, 9.17) is 5.73 Å². The minimum atomic E-state index is 0. The Balaban J connectivity index is 0.00000112. The number of rotatable bonds is 1. The number of nitrogens with two attached hydrogens (primary N) is 1. The molecule has 0 saturated heterocycles. The fourth-order valence-electron chi connectivity index (χ4n) is 1.38. The molecule has 0 bridgehead atoms. The molecule has 1 heterocycles. The van der Waals surface area contributed by atoms with Crippen molar-refractivity contribution in [2.75, 3.05) is 24.1 Å². The number of benzene rings is 1. The van der Waals surface area contributed by atoms with Crippen molar-refractivity contribution in [1.82, 2.24) is 5.32 Å². The zero-order chi connectivity index (χ0) is 9.97. The number of aryl methyl sites for hydroxylation is 1. The summed E-state index contributed by atoms with van der Waals surface area (Å²) in [7, 11) is 0. The quantitative estimate of drug-likeness (QED) is 0.634. The van der Waals surface area contributed by atoms with Gasteiger partial charge in [-0.25, -0.2) is 0 Å². The maximum Gasteiger partial charge on any atom is 0.195 e. The Morgan fingerprint density at radius 3 is 2.93 bits per heavy atom. The van der Waals surface area contributed by atoms with Gasteiger partial charge in [0.05, 0.1) is 6.54 Å². The van der Waals surface area contributed by atoms with Crippen LogP contribution in [0.3, 0.4) is 0 Å². The molecule has 0 radical (unpaired) electrons. The number of anilines is 2. The van der Waals surface area contributed by atoms with Crippen LogP contribution in [-0.2, 0) is 0 Å². The summed E-state index contributed by atoms with van der Waals surface area (Å²) in [6.45, 7) is 3.78. The summed E-state index contributed by atoms with van der Waals surface area (Å²) in [5.74, 6) is 0.832. The molecule has 1 aromatic carbocycles. The minimum absolute atomic E-state index is 0. The van der Waals surface area contributed by atoms with E-state index in [1.54, 1.807) is 0 Å². The van der Waals surface area contributed by atoms with Crippen LogP contribution in [0, 0.1) is 6.92 Å². The number of aliphatic imine (C=N–C) groups is 1. The highest BCUT2D eigenvalue weighted by Gasteiger charge is 2.06. The largest absolute Gasteiger partial charge is 0.399 e. The average Bonchev–Trinajstić information content (AvgIpc) is 2.64. The molecule has 0 fully saturated rings. The normalized spacial score (nSPS) is 13.8. The fourth-order valence-corrected chi connectivity index (χ4v) is 1.38. The summed E-state index contributed by atoms with van der Waals surface area (Å²) >= 11 is 0. The van der Waals surface area contributed by atoms with Gasteiger partial charge in [-0.1, -0.05) is 6.07 Å². The predicted octanol–water partition coefficient (Wildman–Crippen LogP) is 1.37. The first-order chi connectivity index (χ1) is 6.75. The van der Waals surface area contributed by atoms with Crippen molar-refractivity contribution < 1.29 is 0 Å². The third-order valence-electron chi connectivity index (χ3n) is 2.19. The maximum atomic E-state index is 5.70. The Morgan fingerprint density at radius 1 is 1.47 bits per heavy atom. The van der Waals surface area contributed by atoms with E-state index in [1.165, 1.54) is 0 Å². The van der Waals surface area contributed by atoms with Gasteiger partial charge >= 0.3 is 0 Å². The van der Waals surface area contributed by atoms with E-state index in [1.807, 2.05) is 25.1 Å². The third kappa shape index (κ3) is 2.76. The van der Waals surface area contributed by atoms with Crippen molar-refractivity contribution in [1.29, 1.82) is 0 Å². The SMILES string of the molecule is Cc1ccc(N)cc1NC1=NCCN1.Cl. The lowest BCUT2D eigenvalue weighted by atomic mass is 10.2. The number of nitrogens with one attached hydrogen (secondary N) is 2. The van der Waals surface area contributed by atoms with Gasteiger partial charge in [0.2, 0.25) is 0 Å². The van der Waals surface area contributed by atoms with Gasteiger partial charge in [0.1, 0.15) is 0 Å². The van der Waals surface area contributed by atoms with Gasteiger partial charge in [-0.15, -0.1) is 12.4 Å². The number of nitrogen functional groups attached to an aromatic ring is 1. The van der Waals surface area contributed by atoms with Crippen molar-refractivity contribution in [3.05, 3.63) is 23.8 Å². The van der Waals surface area contributed by atoms with Crippen molar-refractivity contribution in [2.45, 2.75) is 6.92 Å². The van der Waals surface area contributed by atoms with Crippen LogP contribution in [-0.4, -0.2) is 19.0 Å². The molecule has 0 saturated carbocycles. The second-order valence-corrected chi connectivity index (χ2v) is 3.36. The van der Waals surface area contributed by atoms with Crippen LogP contribution in [0.4, 0.5) is 11.4 Å². The van der Waals surface area contributed by atoms with Gasteiger partial charge in [-0.3, -0.25) is 4.99 Å². The molecule has 1 aliphatic rings. The molecule has 5 heteroatoms. The molecular formula is C10H15ClN4. The molecule has 0 amide bonds. The molecule has 4 N–H and O–H groups in total. The van der Waals surface area contributed by atoms with Crippen molar-refractivity contribution in [3.63, 3.8) is 0 Å². The third-order valence-corrected chi connectivity index (χ3v) is 2.19. The second-order valence-electron chi connectivity index (χ2n) is 3.36. The van der Waals surface area contributed by atoms with E-state index < -0.39 is 0 Å². The van der Waals surface area contributed by atoms with E-state index in [2.05, 4.69) is 15.6 Å². The molecule has 0 atom stereocenters.